The van der Waals surface area contributed by atoms with E-state index in [0.29, 0.717) is 11.5 Å². The lowest BCUT2D eigenvalue weighted by Crippen LogP contribution is -2.46. The lowest BCUT2D eigenvalue weighted by molar-refractivity contribution is 0.00382. The number of aryl methyl sites for hydroxylation is 1. The molecule has 2 atom stereocenters. The number of benzene rings is 1. The molecule has 0 aliphatic carbocycles. The molecule has 0 saturated heterocycles. The number of pyridine rings is 1. The summed E-state index contributed by atoms with van der Waals surface area (Å²) in [7, 11) is -0.0210. The Kier molecular flexibility index (Phi) is 11.0. The van der Waals surface area contributed by atoms with Crippen molar-refractivity contribution in [3.8, 4) is 17.4 Å². The lowest BCUT2D eigenvalue weighted by atomic mass is 10.2. The molecule has 1 amide bonds. The summed E-state index contributed by atoms with van der Waals surface area (Å²) in [4.78, 5) is 25.2. The van der Waals surface area contributed by atoms with Gasteiger partial charge in [-0.1, -0.05) is 6.07 Å². The smallest absolute Gasteiger partial charge is 0.271 e. The molecule has 0 aliphatic rings. The Balaban J connectivity index is 2.02. The SMILES string of the molecule is COc1cnc([C@@H](OC(C)C)[C@@H](C)S(=O)(=O)N=C(NNC(=O)c2cncc(C)c2)Nc2c(OC)cccc2OC)cn1. The average Bonchev–Trinajstić information content (AvgIpc) is 2.98. The maximum atomic E-state index is 13.7. The van der Waals surface area contributed by atoms with E-state index in [1.54, 1.807) is 51.2 Å². The van der Waals surface area contributed by atoms with Gasteiger partial charge in [-0.15, -0.1) is 4.40 Å². The molecule has 226 valence electrons. The van der Waals surface area contributed by atoms with Crippen molar-refractivity contribution in [1.29, 1.82) is 0 Å². The van der Waals surface area contributed by atoms with E-state index in [1.165, 1.54) is 46.8 Å². The second-order valence-corrected chi connectivity index (χ2v) is 11.2. The molecule has 0 spiro atoms. The summed E-state index contributed by atoms with van der Waals surface area (Å²) in [6, 6.07) is 6.61. The molecule has 3 rings (SSSR count). The second kappa shape index (κ2) is 14.4. The van der Waals surface area contributed by atoms with Gasteiger partial charge in [-0.3, -0.25) is 25.6 Å². The molecule has 42 heavy (non-hydrogen) atoms. The Bertz CT molecular complexity index is 1480. The van der Waals surface area contributed by atoms with Crippen LogP contribution in [0.5, 0.6) is 17.4 Å². The predicted octanol–water partition coefficient (Wildman–Crippen LogP) is 2.79. The van der Waals surface area contributed by atoms with Crippen LogP contribution in [0.15, 0.2) is 53.5 Å². The van der Waals surface area contributed by atoms with Crippen molar-refractivity contribution in [2.24, 2.45) is 4.40 Å². The zero-order valence-corrected chi connectivity index (χ0v) is 25.2. The van der Waals surface area contributed by atoms with Gasteiger partial charge in [0.05, 0.1) is 51.1 Å². The Morgan fingerprint density at radius 2 is 1.62 bits per heavy atom. The normalized spacial score (nSPS) is 13.2. The van der Waals surface area contributed by atoms with Crippen LogP contribution in [0.1, 0.15) is 48.5 Å². The molecule has 0 saturated carbocycles. The highest BCUT2D eigenvalue weighted by Gasteiger charge is 2.34. The second-order valence-electron chi connectivity index (χ2n) is 9.24. The molecule has 3 aromatic rings. The molecular formula is C27H35N7O7S. The van der Waals surface area contributed by atoms with E-state index >= 15 is 0 Å². The Morgan fingerprint density at radius 3 is 2.17 bits per heavy atom. The number of methoxy groups -OCH3 is 3. The molecule has 0 radical (unpaired) electrons. The van der Waals surface area contributed by atoms with E-state index in [2.05, 4.69) is 35.5 Å². The number of nitrogens with one attached hydrogen (secondary N) is 3. The van der Waals surface area contributed by atoms with Gasteiger partial charge in [-0.25, -0.2) is 13.4 Å². The first kappa shape index (κ1) is 32.0. The summed E-state index contributed by atoms with van der Waals surface area (Å²) in [6.45, 7) is 6.77. The van der Waals surface area contributed by atoms with Gasteiger partial charge in [0.1, 0.15) is 28.5 Å². The third-order valence-electron chi connectivity index (χ3n) is 5.79. The van der Waals surface area contributed by atoms with Crippen LogP contribution in [-0.2, 0) is 14.8 Å². The van der Waals surface area contributed by atoms with Crippen LogP contribution < -0.4 is 30.4 Å². The molecule has 15 heteroatoms. The predicted molar refractivity (Wildman–Crippen MR) is 156 cm³/mol. The Labute approximate surface area is 244 Å². The summed E-state index contributed by atoms with van der Waals surface area (Å²) in [6.07, 6.45) is 4.34. The molecule has 2 heterocycles. The largest absolute Gasteiger partial charge is 0.494 e. The van der Waals surface area contributed by atoms with Gasteiger partial charge in [-0.2, -0.15) is 0 Å². The van der Waals surface area contributed by atoms with Crippen LogP contribution in [-0.4, -0.2) is 67.9 Å². The van der Waals surface area contributed by atoms with Gasteiger partial charge in [-0.05, 0) is 51.5 Å². The van der Waals surface area contributed by atoms with Crippen LogP contribution >= 0.6 is 0 Å². The minimum atomic E-state index is -4.35. The first-order chi connectivity index (χ1) is 20.0. The number of rotatable bonds is 11. The number of carbonyl (C=O) groups is 1. The summed E-state index contributed by atoms with van der Waals surface area (Å²) in [5.41, 5.74) is 6.57. The summed E-state index contributed by atoms with van der Waals surface area (Å²) in [5.74, 6) is 0.00280. The number of hydrogen-bond donors (Lipinski definition) is 3. The monoisotopic (exact) mass is 601 g/mol. The zero-order valence-electron chi connectivity index (χ0n) is 24.4. The van der Waals surface area contributed by atoms with Crippen molar-refractivity contribution in [3.63, 3.8) is 0 Å². The van der Waals surface area contributed by atoms with E-state index in [9.17, 15) is 13.2 Å². The fourth-order valence-corrected chi connectivity index (χ4v) is 4.72. The zero-order chi connectivity index (χ0) is 30.9. The topological polar surface area (TPSA) is 175 Å². The van der Waals surface area contributed by atoms with E-state index < -0.39 is 27.3 Å². The first-order valence-electron chi connectivity index (χ1n) is 12.8. The number of carbonyl (C=O) groups excluding carboxylic acids is 1. The van der Waals surface area contributed by atoms with Gasteiger partial charge >= 0.3 is 0 Å². The molecular weight excluding hydrogens is 566 g/mol. The highest BCUT2D eigenvalue weighted by atomic mass is 32.2. The summed E-state index contributed by atoms with van der Waals surface area (Å²) >= 11 is 0. The number of anilines is 1. The molecule has 0 unspecified atom stereocenters. The molecule has 0 bridgehead atoms. The fourth-order valence-electron chi connectivity index (χ4n) is 3.70. The van der Waals surface area contributed by atoms with Gasteiger partial charge < -0.3 is 24.3 Å². The summed E-state index contributed by atoms with van der Waals surface area (Å²) < 4.78 is 53.3. The number of hydrogen-bond acceptors (Lipinski definition) is 10. The molecule has 14 nitrogen and oxygen atoms in total. The highest BCUT2D eigenvalue weighted by molar-refractivity contribution is 7.90. The number of sulfonamides is 1. The highest BCUT2D eigenvalue weighted by Crippen LogP contribution is 2.34. The van der Waals surface area contributed by atoms with Gasteiger partial charge in [0.15, 0.2) is 0 Å². The maximum absolute atomic E-state index is 13.7. The maximum Gasteiger partial charge on any atom is 0.271 e. The van der Waals surface area contributed by atoms with Crippen LogP contribution in [0.2, 0.25) is 0 Å². The molecule has 2 aromatic heterocycles. The third-order valence-corrected chi connectivity index (χ3v) is 7.41. The average molecular weight is 602 g/mol. The van der Waals surface area contributed by atoms with Crippen LogP contribution in [0.3, 0.4) is 0 Å². The van der Waals surface area contributed by atoms with Gasteiger partial charge in [0.25, 0.3) is 15.9 Å². The molecule has 0 aliphatic heterocycles. The van der Waals surface area contributed by atoms with Crippen molar-refractivity contribution < 1.29 is 32.2 Å². The van der Waals surface area contributed by atoms with Crippen molar-refractivity contribution in [3.05, 3.63) is 65.9 Å². The number of para-hydroxylation sites is 1. The number of aromatic nitrogens is 3. The minimum Gasteiger partial charge on any atom is -0.494 e. The number of amides is 1. The van der Waals surface area contributed by atoms with Crippen molar-refractivity contribution in [2.45, 2.75) is 45.2 Å². The van der Waals surface area contributed by atoms with Crippen molar-refractivity contribution in [1.82, 2.24) is 25.8 Å². The third kappa shape index (κ3) is 8.27. The Morgan fingerprint density at radius 1 is 0.929 bits per heavy atom. The van der Waals surface area contributed by atoms with E-state index in [4.69, 9.17) is 18.9 Å². The quantitative estimate of drug-likeness (QED) is 0.167. The number of hydrazine groups is 1. The van der Waals surface area contributed by atoms with Gasteiger partial charge in [0.2, 0.25) is 11.8 Å². The number of guanidine groups is 1. The van der Waals surface area contributed by atoms with E-state index in [0.717, 1.165) is 5.56 Å². The standard InChI is InChI=1S/C27H35N7O7S/c1-16(2)41-25(20-14-30-23(40-7)15-29-20)18(4)42(36,37)34-27(31-24-21(38-5)9-8-10-22(24)39-6)33-32-26(35)19-11-17(3)12-28-13-19/h8-16,18,25H,1-7H3,(H,32,35)(H2,31,33,34)/t18-,25+/m1/s1. The number of nitrogens with zero attached hydrogens (tertiary/aromatic N) is 4. The minimum absolute atomic E-state index is 0.247. The van der Waals surface area contributed by atoms with Crippen LogP contribution in [0, 0.1) is 6.92 Å². The van der Waals surface area contributed by atoms with Crippen molar-refractivity contribution in [2.75, 3.05) is 26.6 Å². The van der Waals surface area contributed by atoms with E-state index in [-0.39, 0.29) is 34.9 Å². The summed E-state index contributed by atoms with van der Waals surface area (Å²) in [5, 5.41) is 1.64. The van der Waals surface area contributed by atoms with Crippen molar-refractivity contribution >= 4 is 27.6 Å². The Hall–Kier alpha value is -4.50. The molecule has 3 N–H and O–H groups in total. The van der Waals surface area contributed by atoms with Crippen LogP contribution in [0.25, 0.3) is 0 Å². The first-order valence-corrected chi connectivity index (χ1v) is 14.3. The fraction of sp³-hybridized carbons (Fsp3) is 0.370. The molecule has 0 fully saturated rings. The van der Waals surface area contributed by atoms with Gasteiger partial charge in [0, 0.05) is 12.4 Å². The van der Waals surface area contributed by atoms with E-state index in [1.807, 2.05) is 0 Å². The van der Waals surface area contributed by atoms with Crippen LogP contribution in [0.4, 0.5) is 5.69 Å². The molecule has 1 aromatic carbocycles. The number of ether oxygens (including phenoxy) is 4. The lowest BCUT2D eigenvalue weighted by Gasteiger charge is -2.25.